The van der Waals surface area contributed by atoms with Gasteiger partial charge in [0.25, 0.3) is 0 Å². The third-order valence-corrected chi connectivity index (χ3v) is 7.60. The first-order valence-corrected chi connectivity index (χ1v) is 11.7. The molecule has 13 heteroatoms. The fraction of sp³-hybridized carbons (Fsp3) is 0.722. The molecule has 12 nitrogen and oxygen atoms in total. The third kappa shape index (κ3) is 4.47. The van der Waals surface area contributed by atoms with Gasteiger partial charge >= 0.3 is 7.60 Å². The van der Waals surface area contributed by atoms with Crippen LogP contribution in [-0.4, -0.2) is 69.1 Å². The summed E-state index contributed by atoms with van der Waals surface area (Å²) in [5.41, 5.74) is -0.429. The van der Waals surface area contributed by atoms with Crippen molar-refractivity contribution in [1.29, 1.82) is 5.41 Å². The van der Waals surface area contributed by atoms with Gasteiger partial charge in [-0.1, -0.05) is 13.8 Å². The van der Waals surface area contributed by atoms with Crippen LogP contribution in [-0.2, 0) is 20.9 Å². The first-order valence-electron chi connectivity index (χ1n) is 10.1. The van der Waals surface area contributed by atoms with E-state index in [2.05, 4.69) is 9.97 Å². The van der Waals surface area contributed by atoms with Crippen LogP contribution in [0.3, 0.4) is 0 Å². The van der Waals surface area contributed by atoms with Crippen LogP contribution in [0, 0.1) is 5.41 Å². The van der Waals surface area contributed by atoms with Gasteiger partial charge in [0, 0.05) is 13.5 Å². The predicted molar refractivity (Wildman–Crippen MR) is 109 cm³/mol. The summed E-state index contributed by atoms with van der Waals surface area (Å²) < 4.78 is 26.7. The van der Waals surface area contributed by atoms with Gasteiger partial charge in [0.1, 0.15) is 17.7 Å². The molecule has 3 unspecified atom stereocenters. The molecule has 31 heavy (non-hydrogen) atoms. The number of aliphatic hydroxyl groups excluding tert-OH is 3. The zero-order chi connectivity index (χ0) is 23.1. The number of nitrogens with one attached hydrogen (secondary N) is 1. The van der Waals surface area contributed by atoms with E-state index in [0.29, 0.717) is 17.6 Å². The highest BCUT2D eigenvalue weighted by atomic mass is 31.2. The maximum absolute atomic E-state index is 12.4. The smallest absolute Gasteiger partial charge is 0.356 e. The first-order chi connectivity index (χ1) is 14.4. The molecule has 1 fully saturated rings. The van der Waals surface area contributed by atoms with E-state index in [0.717, 1.165) is 0 Å². The average Bonchev–Trinajstić information content (AvgIpc) is 3.26. The highest BCUT2D eigenvalue weighted by Crippen LogP contribution is 2.53. The molecular weight excluding hydrogens is 429 g/mol. The number of aryl methyl sites for hydroxylation is 1. The van der Waals surface area contributed by atoms with E-state index in [1.165, 1.54) is 21.8 Å². The number of ether oxygens (including phenoxy) is 1. The number of hydrogen-bond acceptors (Lipinski definition) is 9. The largest absolute Gasteiger partial charge is 0.388 e. The SMILES string of the molecule is CCC(O)P(=O)(O)OC(C)(CC)C[C@H]1O[C@@H](n2cnc3c(=N)n(C)cnc32)[C@H](O)[C@@H]1O. The van der Waals surface area contributed by atoms with Crippen LogP contribution in [0.5, 0.6) is 0 Å². The Morgan fingerprint density at radius 2 is 2.00 bits per heavy atom. The van der Waals surface area contributed by atoms with Gasteiger partial charge in [-0.15, -0.1) is 0 Å². The fourth-order valence-corrected chi connectivity index (χ4v) is 5.03. The molecule has 0 saturated carbocycles. The number of rotatable bonds is 8. The minimum absolute atomic E-state index is 0.00206. The van der Waals surface area contributed by atoms with Gasteiger partial charge in [-0.3, -0.25) is 14.5 Å². The van der Waals surface area contributed by atoms with Crippen molar-refractivity contribution in [2.75, 3.05) is 0 Å². The molecule has 2 aromatic heterocycles. The number of aromatic nitrogens is 4. The van der Waals surface area contributed by atoms with E-state index in [9.17, 15) is 24.8 Å². The number of nitrogens with zero attached hydrogens (tertiary/aromatic N) is 4. The molecule has 3 heterocycles. The van der Waals surface area contributed by atoms with Crippen LogP contribution in [0.2, 0.25) is 0 Å². The van der Waals surface area contributed by atoms with E-state index in [1.807, 2.05) is 0 Å². The minimum Gasteiger partial charge on any atom is -0.388 e. The lowest BCUT2D eigenvalue weighted by molar-refractivity contribution is -0.0667. The zero-order valence-corrected chi connectivity index (χ0v) is 18.8. The molecule has 0 aromatic carbocycles. The Hall–Kier alpha value is -1.66. The summed E-state index contributed by atoms with van der Waals surface area (Å²) in [5.74, 6) is -1.52. The van der Waals surface area contributed by atoms with Crippen molar-refractivity contribution in [3.05, 3.63) is 18.1 Å². The number of fused-ring (bicyclic) bond motifs is 1. The van der Waals surface area contributed by atoms with Gasteiger partial charge in [-0.2, -0.15) is 0 Å². The minimum atomic E-state index is -4.31. The molecule has 2 aromatic rings. The Balaban J connectivity index is 1.84. The van der Waals surface area contributed by atoms with Gasteiger partial charge in [-0.25, -0.2) is 9.97 Å². The molecular formula is C18H30N5O7P. The molecule has 1 aliphatic rings. The Morgan fingerprint density at radius 3 is 2.61 bits per heavy atom. The normalized spacial score (nSPS) is 29.0. The van der Waals surface area contributed by atoms with E-state index in [1.54, 1.807) is 27.8 Å². The zero-order valence-electron chi connectivity index (χ0n) is 17.9. The third-order valence-electron chi connectivity index (χ3n) is 5.78. The molecule has 174 valence electrons. The van der Waals surface area contributed by atoms with Gasteiger partial charge in [0.15, 0.2) is 23.2 Å². The molecule has 1 saturated heterocycles. The Morgan fingerprint density at radius 1 is 1.32 bits per heavy atom. The molecule has 0 spiro atoms. The maximum Gasteiger partial charge on any atom is 0.356 e. The van der Waals surface area contributed by atoms with Crippen LogP contribution in [0.25, 0.3) is 11.2 Å². The van der Waals surface area contributed by atoms with Gasteiger partial charge in [0.2, 0.25) is 0 Å². The van der Waals surface area contributed by atoms with Crippen molar-refractivity contribution < 1.29 is 34.0 Å². The molecule has 1 aliphatic heterocycles. The van der Waals surface area contributed by atoms with E-state index in [-0.39, 0.29) is 18.3 Å². The van der Waals surface area contributed by atoms with Crippen LogP contribution in [0.4, 0.5) is 0 Å². The summed E-state index contributed by atoms with van der Waals surface area (Å²) in [6.45, 7) is 4.90. The average molecular weight is 459 g/mol. The van der Waals surface area contributed by atoms with Gasteiger partial charge in [0.05, 0.1) is 24.4 Å². The van der Waals surface area contributed by atoms with Crippen LogP contribution in [0.1, 0.15) is 46.3 Å². The second kappa shape index (κ2) is 8.70. The molecule has 3 rings (SSSR count). The Labute approximate surface area is 179 Å². The summed E-state index contributed by atoms with van der Waals surface area (Å²) in [4.78, 5) is 18.5. The summed E-state index contributed by atoms with van der Waals surface area (Å²) in [6, 6.07) is 0. The van der Waals surface area contributed by atoms with Gasteiger partial charge < -0.3 is 34.0 Å². The fourth-order valence-electron chi connectivity index (χ4n) is 3.61. The summed E-state index contributed by atoms with van der Waals surface area (Å²) in [5, 5.41) is 39.1. The van der Waals surface area contributed by atoms with E-state index in [4.69, 9.17) is 14.7 Å². The van der Waals surface area contributed by atoms with Crippen molar-refractivity contribution in [3.8, 4) is 0 Å². The molecule has 0 bridgehead atoms. The van der Waals surface area contributed by atoms with Crippen molar-refractivity contribution in [2.45, 2.75) is 76.0 Å². The second-order valence-electron chi connectivity index (χ2n) is 8.13. The van der Waals surface area contributed by atoms with Crippen LogP contribution < -0.4 is 5.49 Å². The standard InChI is InChI=1S/C18H30N5O7P/c1-5-11(24)31(27,28)30-18(3,6-2)7-10-13(25)14(26)17(29-10)23-9-20-12-15(19)22(4)8-21-16(12)23/h8-11,13-14,17,19,24-26H,5-7H2,1-4H3,(H,27,28)/t10-,11?,13-,14-,17-,18?/m1/s1. The molecule has 7 atom stereocenters. The van der Waals surface area contributed by atoms with E-state index < -0.39 is 43.6 Å². The van der Waals surface area contributed by atoms with Gasteiger partial charge in [-0.05, 0) is 19.8 Å². The molecule has 0 amide bonds. The summed E-state index contributed by atoms with van der Waals surface area (Å²) >= 11 is 0. The molecule has 0 aliphatic carbocycles. The van der Waals surface area contributed by atoms with Crippen molar-refractivity contribution in [1.82, 2.24) is 19.1 Å². The monoisotopic (exact) mass is 459 g/mol. The Kier molecular flexibility index (Phi) is 6.73. The maximum atomic E-state index is 12.4. The highest BCUT2D eigenvalue weighted by Gasteiger charge is 2.48. The highest BCUT2D eigenvalue weighted by molar-refractivity contribution is 7.53. The molecule has 0 radical (unpaired) electrons. The summed E-state index contributed by atoms with van der Waals surface area (Å²) in [7, 11) is -2.65. The Bertz CT molecular complexity index is 1040. The summed E-state index contributed by atoms with van der Waals surface area (Å²) in [6.07, 6.45) is -1.40. The van der Waals surface area contributed by atoms with Crippen LogP contribution >= 0.6 is 7.60 Å². The lowest BCUT2D eigenvalue weighted by Crippen LogP contribution is -2.39. The lowest BCUT2D eigenvalue weighted by Gasteiger charge is -2.34. The van der Waals surface area contributed by atoms with Crippen molar-refractivity contribution in [3.63, 3.8) is 0 Å². The quantitative estimate of drug-likeness (QED) is 0.349. The van der Waals surface area contributed by atoms with E-state index >= 15 is 0 Å². The number of aliphatic hydroxyl groups is 3. The lowest BCUT2D eigenvalue weighted by atomic mass is 9.93. The van der Waals surface area contributed by atoms with Crippen molar-refractivity contribution in [2.24, 2.45) is 7.05 Å². The molecule has 5 N–H and O–H groups in total. The predicted octanol–water partition coefficient (Wildman–Crippen LogP) is 0.358. The number of imidazole rings is 1. The topological polar surface area (TPSA) is 176 Å². The second-order valence-corrected chi connectivity index (χ2v) is 10.0. The number of hydrogen-bond donors (Lipinski definition) is 5. The van der Waals surface area contributed by atoms with Crippen molar-refractivity contribution >= 4 is 18.8 Å². The van der Waals surface area contributed by atoms with Crippen LogP contribution in [0.15, 0.2) is 12.7 Å². The first kappa shape index (κ1) is 24.0.